The van der Waals surface area contributed by atoms with Crippen LogP contribution in [0.3, 0.4) is 0 Å². The predicted octanol–water partition coefficient (Wildman–Crippen LogP) is 4.73. The van der Waals surface area contributed by atoms with E-state index in [0.717, 1.165) is 5.56 Å². The molecule has 2 aromatic carbocycles. The van der Waals surface area contributed by atoms with E-state index in [0.29, 0.717) is 56.4 Å². The van der Waals surface area contributed by atoms with E-state index in [1.165, 1.54) is 10.4 Å². The van der Waals surface area contributed by atoms with E-state index >= 15 is 4.39 Å². The molecule has 2 saturated heterocycles. The fourth-order valence-electron chi connectivity index (χ4n) is 5.52. The number of ether oxygens (including phenoxy) is 1. The first-order valence-electron chi connectivity index (χ1n) is 13.0. The van der Waals surface area contributed by atoms with Crippen LogP contribution in [0, 0.1) is 5.82 Å². The van der Waals surface area contributed by atoms with Crippen molar-refractivity contribution in [1.29, 1.82) is 0 Å². The van der Waals surface area contributed by atoms with Gasteiger partial charge in [-0.2, -0.15) is 4.31 Å². The van der Waals surface area contributed by atoms with Crippen LogP contribution in [-0.2, 0) is 31.6 Å². The Morgan fingerprint density at radius 1 is 1.19 bits per heavy atom. The number of hydrogen-bond donors (Lipinski definition) is 2. The number of carboxylic acid groups (broad SMARTS) is 1. The molecule has 0 spiro atoms. The highest BCUT2D eigenvalue weighted by Gasteiger charge is 2.44. The van der Waals surface area contributed by atoms with Crippen LogP contribution in [0.25, 0.3) is 0 Å². The number of sulfonamides is 1. The fourth-order valence-corrected chi connectivity index (χ4v) is 7.71. The summed E-state index contributed by atoms with van der Waals surface area (Å²) in [4.78, 5) is 12.0. The van der Waals surface area contributed by atoms with Crippen molar-refractivity contribution in [1.82, 2.24) is 9.62 Å². The molecule has 0 bridgehead atoms. The Labute approximate surface area is 219 Å². The highest BCUT2D eigenvalue weighted by Crippen LogP contribution is 2.39. The standard InChI is InChI=1S/C28H37FN2O5S/c1-4-27(3,26(32)33)30-28(14-16-36-17-15-28)23-12-11-22(24(29)18-23)19-31-20(2)10-13-25(37(31,34)35)21-8-6-5-7-9-21/h5-9,11-12,18,20,25,30H,4,10,13-17,19H2,1-3H3,(H,32,33)/t20-,25+,27?/m0/s1. The summed E-state index contributed by atoms with van der Waals surface area (Å²) < 4.78 is 49.7. The number of aliphatic carboxylic acids is 1. The van der Waals surface area contributed by atoms with E-state index in [4.69, 9.17) is 4.74 Å². The first-order chi connectivity index (χ1) is 17.5. The summed E-state index contributed by atoms with van der Waals surface area (Å²) in [7, 11) is -3.69. The van der Waals surface area contributed by atoms with Gasteiger partial charge in [-0.1, -0.05) is 49.4 Å². The first kappa shape index (κ1) is 27.7. The zero-order chi connectivity index (χ0) is 26.8. The van der Waals surface area contributed by atoms with E-state index in [1.54, 1.807) is 26.0 Å². The van der Waals surface area contributed by atoms with Crippen LogP contribution < -0.4 is 5.32 Å². The second kappa shape index (κ2) is 10.8. The van der Waals surface area contributed by atoms with Gasteiger partial charge in [0.25, 0.3) is 0 Å². The van der Waals surface area contributed by atoms with Gasteiger partial charge in [0.15, 0.2) is 0 Å². The summed E-state index contributed by atoms with van der Waals surface area (Å²) in [6, 6.07) is 13.8. The van der Waals surface area contributed by atoms with Crippen LogP contribution in [0.4, 0.5) is 4.39 Å². The molecule has 37 heavy (non-hydrogen) atoms. The van der Waals surface area contributed by atoms with Gasteiger partial charge < -0.3 is 9.84 Å². The Kier molecular flexibility index (Phi) is 8.09. The van der Waals surface area contributed by atoms with Crippen molar-refractivity contribution in [2.24, 2.45) is 0 Å². The van der Waals surface area contributed by atoms with Crippen LogP contribution in [0.1, 0.15) is 74.8 Å². The van der Waals surface area contributed by atoms with E-state index in [-0.39, 0.29) is 12.6 Å². The van der Waals surface area contributed by atoms with Gasteiger partial charge in [-0.3, -0.25) is 10.1 Å². The van der Waals surface area contributed by atoms with E-state index < -0.39 is 38.1 Å². The largest absolute Gasteiger partial charge is 0.480 e. The summed E-state index contributed by atoms with van der Waals surface area (Å²) in [6.07, 6.45) is 2.59. The lowest BCUT2D eigenvalue weighted by molar-refractivity contribution is -0.146. The van der Waals surface area contributed by atoms with Crippen LogP contribution >= 0.6 is 0 Å². The molecule has 202 valence electrons. The molecule has 2 aliphatic rings. The molecule has 0 aromatic heterocycles. The average molecular weight is 533 g/mol. The molecule has 0 aliphatic carbocycles. The van der Waals surface area contributed by atoms with Gasteiger partial charge in [0.05, 0.1) is 0 Å². The van der Waals surface area contributed by atoms with Gasteiger partial charge in [0.1, 0.15) is 16.6 Å². The number of carbonyl (C=O) groups is 1. The molecule has 2 N–H and O–H groups in total. The summed E-state index contributed by atoms with van der Waals surface area (Å²) in [5.74, 6) is -1.46. The molecule has 4 rings (SSSR count). The highest BCUT2D eigenvalue weighted by atomic mass is 32.2. The van der Waals surface area contributed by atoms with Gasteiger partial charge in [-0.25, -0.2) is 12.8 Å². The Bertz CT molecular complexity index is 1220. The van der Waals surface area contributed by atoms with Crippen LogP contribution in [-0.4, -0.2) is 48.6 Å². The lowest BCUT2D eigenvalue weighted by Crippen LogP contribution is -2.60. The highest BCUT2D eigenvalue weighted by molar-refractivity contribution is 7.89. The lowest BCUT2D eigenvalue weighted by Gasteiger charge is -2.44. The SMILES string of the molecule is CCC(C)(NC1(c2ccc(CN3[C@@H](C)CC[C@H](c4ccccc4)S3(=O)=O)c(F)c2)CCOCC1)C(=O)O. The van der Waals surface area contributed by atoms with Crippen molar-refractivity contribution in [2.45, 2.75) is 81.8 Å². The van der Waals surface area contributed by atoms with Gasteiger partial charge >= 0.3 is 5.97 Å². The molecule has 0 amide bonds. The van der Waals surface area contributed by atoms with E-state index in [1.807, 2.05) is 37.3 Å². The lowest BCUT2D eigenvalue weighted by atomic mass is 9.79. The number of nitrogens with zero attached hydrogens (tertiary/aromatic N) is 1. The molecule has 0 saturated carbocycles. The van der Waals surface area contributed by atoms with Crippen molar-refractivity contribution in [3.05, 3.63) is 71.0 Å². The normalized spacial score (nSPS) is 25.3. The first-order valence-corrected chi connectivity index (χ1v) is 14.5. The third-order valence-corrected chi connectivity index (χ3v) is 10.5. The Hall–Kier alpha value is -2.33. The molecule has 2 aromatic rings. The summed E-state index contributed by atoms with van der Waals surface area (Å²) >= 11 is 0. The molecule has 1 unspecified atom stereocenters. The van der Waals surface area contributed by atoms with Crippen LogP contribution in [0.2, 0.25) is 0 Å². The zero-order valence-corrected chi connectivity index (χ0v) is 22.6. The second-order valence-electron chi connectivity index (χ2n) is 10.5. The van der Waals surface area contributed by atoms with Gasteiger partial charge in [0.2, 0.25) is 10.0 Å². The minimum atomic E-state index is -3.69. The quantitative estimate of drug-likeness (QED) is 0.510. The minimum Gasteiger partial charge on any atom is -0.480 e. The van der Waals surface area contributed by atoms with Crippen molar-refractivity contribution in [3.8, 4) is 0 Å². The Morgan fingerprint density at radius 3 is 2.46 bits per heavy atom. The van der Waals surface area contributed by atoms with Crippen molar-refractivity contribution < 1.29 is 27.4 Å². The predicted molar refractivity (Wildman–Crippen MR) is 140 cm³/mol. The molecule has 2 aliphatic heterocycles. The fraction of sp³-hybridized carbons (Fsp3) is 0.536. The molecule has 2 fully saturated rings. The topological polar surface area (TPSA) is 95.9 Å². The number of benzene rings is 2. The maximum absolute atomic E-state index is 15.6. The van der Waals surface area contributed by atoms with Crippen molar-refractivity contribution in [3.63, 3.8) is 0 Å². The zero-order valence-electron chi connectivity index (χ0n) is 21.7. The Balaban J connectivity index is 1.63. The van der Waals surface area contributed by atoms with Crippen molar-refractivity contribution >= 4 is 16.0 Å². The average Bonchev–Trinajstić information content (AvgIpc) is 2.88. The van der Waals surface area contributed by atoms with Crippen LogP contribution in [0.5, 0.6) is 0 Å². The van der Waals surface area contributed by atoms with Crippen LogP contribution in [0.15, 0.2) is 48.5 Å². The Morgan fingerprint density at radius 2 is 1.86 bits per heavy atom. The van der Waals surface area contributed by atoms with Crippen molar-refractivity contribution in [2.75, 3.05) is 13.2 Å². The minimum absolute atomic E-state index is 0.0513. The molecule has 3 atom stereocenters. The smallest absolute Gasteiger partial charge is 0.323 e. The number of hydrogen-bond acceptors (Lipinski definition) is 5. The van der Waals surface area contributed by atoms with E-state index in [9.17, 15) is 18.3 Å². The van der Waals surface area contributed by atoms with E-state index in [2.05, 4.69) is 5.32 Å². The summed E-state index contributed by atoms with van der Waals surface area (Å²) in [6.45, 7) is 6.12. The third kappa shape index (κ3) is 5.46. The molecule has 7 nitrogen and oxygen atoms in total. The monoisotopic (exact) mass is 532 g/mol. The molecular weight excluding hydrogens is 495 g/mol. The molecule has 2 heterocycles. The van der Waals surface area contributed by atoms with Gasteiger partial charge in [0, 0.05) is 36.9 Å². The third-order valence-electron chi connectivity index (χ3n) is 8.17. The maximum Gasteiger partial charge on any atom is 0.323 e. The second-order valence-corrected chi connectivity index (χ2v) is 12.6. The van der Waals surface area contributed by atoms with Gasteiger partial charge in [-0.15, -0.1) is 0 Å². The number of nitrogens with one attached hydrogen (secondary N) is 1. The number of carboxylic acids is 1. The number of halogens is 1. The molecule has 9 heteroatoms. The molecule has 0 radical (unpaired) electrons. The summed E-state index contributed by atoms with van der Waals surface area (Å²) in [5.41, 5.74) is -0.249. The molecular formula is C28H37FN2O5S. The van der Waals surface area contributed by atoms with Gasteiger partial charge in [-0.05, 0) is 63.1 Å². The maximum atomic E-state index is 15.6. The summed E-state index contributed by atoms with van der Waals surface area (Å²) in [5, 5.41) is 12.5. The number of rotatable bonds is 8.